The number of halogens is 3. The van der Waals surface area contributed by atoms with Crippen LogP contribution in [0.2, 0.25) is 0 Å². The molecule has 0 spiro atoms. The van der Waals surface area contributed by atoms with Crippen molar-refractivity contribution in [2.45, 2.75) is 1.47 Å². The summed E-state index contributed by atoms with van der Waals surface area (Å²) in [7, 11) is -2.49. The highest BCUT2D eigenvalue weighted by atomic mass is 80.0. The lowest BCUT2D eigenvalue weighted by Crippen LogP contribution is -1.99. The molecule has 1 aromatic heterocycles. The first kappa shape index (κ1) is 13.5. The fourth-order valence-corrected chi connectivity index (χ4v) is 0.313. The molecule has 0 unspecified atom stereocenters. The minimum atomic E-state index is -2.49. The predicted octanol–water partition coefficient (Wildman–Crippen LogP) is 2.48. The standard InChI is InChI=1S/C5H5N.CHBr3O2S/c1-2-4-6-5-3-1;2-1(3,4)7(5)6/h1-5H;7H. The highest BCUT2D eigenvalue weighted by Gasteiger charge is 2.20. The van der Waals surface area contributed by atoms with Crippen LogP contribution in [-0.2, 0) is 10.7 Å². The van der Waals surface area contributed by atoms with Crippen molar-refractivity contribution in [1.82, 2.24) is 4.98 Å². The zero-order valence-corrected chi connectivity index (χ0v) is 11.9. The Bertz CT molecular complexity index is 262. The maximum atomic E-state index is 9.92. The molecule has 1 aromatic rings. The van der Waals surface area contributed by atoms with E-state index in [1.807, 2.05) is 18.2 Å². The summed E-state index contributed by atoms with van der Waals surface area (Å²) in [5, 5.41) is 0. The van der Waals surface area contributed by atoms with E-state index >= 15 is 0 Å². The second kappa shape index (κ2) is 6.92. The molecule has 0 aromatic carbocycles. The number of aromatic nitrogens is 1. The van der Waals surface area contributed by atoms with Gasteiger partial charge >= 0.3 is 0 Å². The van der Waals surface area contributed by atoms with Crippen LogP contribution in [0.15, 0.2) is 30.6 Å². The van der Waals surface area contributed by atoms with Gasteiger partial charge in [-0.1, -0.05) is 6.07 Å². The molecule has 74 valence electrons. The molecule has 1 heterocycles. The summed E-state index contributed by atoms with van der Waals surface area (Å²) in [6, 6.07) is 5.72. The van der Waals surface area contributed by atoms with Crippen molar-refractivity contribution in [1.29, 1.82) is 0 Å². The third kappa shape index (κ3) is 8.86. The lowest BCUT2D eigenvalue weighted by molar-refractivity contribution is 0.617. The van der Waals surface area contributed by atoms with E-state index in [1.54, 1.807) is 12.4 Å². The van der Waals surface area contributed by atoms with Gasteiger partial charge in [0.2, 0.25) is 1.47 Å². The normalized spacial score (nSPS) is 10.5. The number of thiol groups is 1. The molecule has 0 N–H and O–H groups in total. The zero-order valence-electron chi connectivity index (χ0n) is 6.23. The Balaban J connectivity index is 0.000000223. The Kier molecular flexibility index (Phi) is 7.20. The fraction of sp³-hybridized carbons (Fsp3) is 0.167. The van der Waals surface area contributed by atoms with Gasteiger partial charge in [0.25, 0.3) is 0 Å². The lowest BCUT2D eigenvalue weighted by Gasteiger charge is -1.96. The fourth-order valence-electron chi connectivity index (χ4n) is 0.313. The maximum absolute atomic E-state index is 9.92. The maximum Gasteiger partial charge on any atom is 0.232 e. The Hall–Kier alpha value is 0.540. The van der Waals surface area contributed by atoms with E-state index in [1.165, 1.54) is 0 Å². The van der Waals surface area contributed by atoms with Gasteiger partial charge in [-0.2, -0.15) is 0 Å². The SMILES string of the molecule is O=[SH](=O)C(Br)(Br)Br.c1ccncc1. The highest BCUT2D eigenvalue weighted by Crippen LogP contribution is 2.33. The Morgan fingerprint density at radius 3 is 1.46 bits per heavy atom. The third-order valence-electron chi connectivity index (χ3n) is 0.774. The first-order valence-corrected chi connectivity index (χ1v) is 6.56. The van der Waals surface area contributed by atoms with Gasteiger partial charge in [0, 0.05) is 12.4 Å². The molecule has 0 bridgehead atoms. The molecule has 0 radical (unpaired) electrons. The van der Waals surface area contributed by atoms with Crippen LogP contribution in [0.5, 0.6) is 0 Å². The molecule has 0 saturated carbocycles. The van der Waals surface area contributed by atoms with Crippen LogP contribution in [0.25, 0.3) is 0 Å². The molecule has 0 fully saturated rings. The molecular weight excluding hydrogens is 390 g/mol. The van der Waals surface area contributed by atoms with Crippen LogP contribution in [0.3, 0.4) is 0 Å². The van der Waals surface area contributed by atoms with Crippen LogP contribution in [0, 0.1) is 0 Å². The molecule has 0 aliphatic rings. The third-order valence-corrected chi connectivity index (χ3v) is 3.79. The summed E-state index contributed by atoms with van der Waals surface area (Å²) in [6.07, 6.45) is 3.50. The molecule has 1 rings (SSSR count). The summed E-state index contributed by atoms with van der Waals surface area (Å²) >= 11 is 8.34. The van der Waals surface area contributed by atoms with Gasteiger partial charge in [-0.05, 0) is 59.9 Å². The summed E-state index contributed by atoms with van der Waals surface area (Å²) in [6.45, 7) is 0. The molecule has 3 nitrogen and oxygen atoms in total. The molecule has 0 aliphatic heterocycles. The molecule has 7 heteroatoms. The van der Waals surface area contributed by atoms with Crippen LogP contribution in [0.1, 0.15) is 0 Å². The minimum Gasteiger partial charge on any atom is -0.265 e. The van der Waals surface area contributed by atoms with Crippen molar-refractivity contribution in [2.24, 2.45) is 0 Å². The molecule has 13 heavy (non-hydrogen) atoms. The number of rotatable bonds is 0. The average molecular weight is 396 g/mol. The Morgan fingerprint density at radius 2 is 1.38 bits per heavy atom. The van der Waals surface area contributed by atoms with E-state index in [4.69, 9.17) is 0 Å². The smallest absolute Gasteiger partial charge is 0.232 e. The van der Waals surface area contributed by atoms with Crippen molar-refractivity contribution in [2.75, 3.05) is 0 Å². The second-order valence-corrected chi connectivity index (χ2v) is 11.5. The number of hydrogen-bond acceptors (Lipinski definition) is 3. The van der Waals surface area contributed by atoms with Crippen LogP contribution >= 0.6 is 47.8 Å². The first-order chi connectivity index (χ1) is 5.94. The van der Waals surface area contributed by atoms with E-state index in [0.717, 1.165) is 0 Å². The summed E-state index contributed by atoms with van der Waals surface area (Å²) in [4.78, 5) is 3.78. The predicted molar refractivity (Wildman–Crippen MR) is 64.1 cm³/mol. The van der Waals surface area contributed by atoms with Crippen molar-refractivity contribution < 1.29 is 8.42 Å². The number of alkyl halides is 3. The van der Waals surface area contributed by atoms with Gasteiger partial charge in [0.05, 0.1) is 0 Å². The van der Waals surface area contributed by atoms with Gasteiger partial charge < -0.3 is 0 Å². The lowest BCUT2D eigenvalue weighted by atomic mass is 10.5. The highest BCUT2D eigenvalue weighted by molar-refractivity contribution is 9.42. The molecule has 0 saturated heterocycles. The number of nitrogens with zero attached hydrogens (tertiary/aromatic N) is 1. The summed E-state index contributed by atoms with van der Waals surface area (Å²) < 4.78 is 18.7. The molecule has 0 amide bonds. The van der Waals surface area contributed by atoms with E-state index in [9.17, 15) is 8.42 Å². The monoisotopic (exact) mass is 393 g/mol. The zero-order chi connectivity index (χ0) is 10.3. The van der Waals surface area contributed by atoms with Crippen LogP contribution in [0.4, 0.5) is 0 Å². The van der Waals surface area contributed by atoms with Crippen molar-refractivity contribution in [3.63, 3.8) is 0 Å². The van der Waals surface area contributed by atoms with Gasteiger partial charge in [-0.25, -0.2) is 8.42 Å². The average Bonchev–Trinajstić information content (AvgIpc) is 2.07. The van der Waals surface area contributed by atoms with Gasteiger partial charge in [-0.3, -0.25) is 4.98 Å². The number of pyridine rings is 1. The largest absolute Gasteiger partial charge is 0.265 e. The topological polar surface area (TPSA) is 47.0 Å². The van der Waals surface area contributed by atoms with Crippen LogP contribution in [-0.4, -0.2) is 14.9 Å². The quantitative estimate of drug-likeness (QED) is 0.542. The van der Waals surface area contributed by atoms with E-state index < -0.39 is 12.2 Å². The Labute approximate surface area is 103 Å². The van der Waals surface area contributed by atoms with Gasteiger partial charge in [0.15, 0.2) is 10.7 Å². The number of hydrogen-bond donors (Lipinski definition) is 1. The second-order valence-electron chi connectivity index (χ2n) is 1.75. The summed E-state index contributed by atoms with van der Waals surface area (Å²) in [5.74, 6) is 0. The Morgan fingerprint density at radius 1 is 1.00 bits per heavy atom. The van der Waals surface area contributed by atoms with E-state index in [2.05, 4.69) is 52.8 Å². The van der Waals surface area contributed by atoms with E-state index in [-0.39, 0.29) is 0 Å². The first-order valence-electron chi connectivity index (χ1n) is 3.01. The van der Waals surface area contributed by atoms with Gasteiger partial charge in [-0.15, -0.1) is 0 Å². The van der Waals surface area contributed by atoms with Gasteiger partial charge in [0.1, 0.15) is 0 Å². The van der Waals surface area contributed by atoms with E-state index in [0.29, 0.717) is 0 Å². The van der Waals surface area contributed by atoms with Crippen molar-refractivity contribution in [3.05, 3.63) is 30.6 Å². The summed E-state index contributed by atoms with van der Waals surface area (Å²) in [5.41, 5.74) is 0. The van der Waals surface area contributed by atoms with Crippen molar-refractivity contribution in [3.8, 4) is 0 Å². The molecule has 0 aliphatic carbocycles. The van der Waals surface area contributed by atoms with Crippen LogP contribution < -0.4 is 0 Å². The minimum absolute atomic E-state index is 1.11. The molecular formula is C6H6Br3NO2S. The molecule has 0 atom stereocenters. The van der Waals surface area contributed by atoms with Crippen molar-refractivity contribution >= 4 is 58.5 Å².